The lowest BCUT2D eigenvalue weighted by atomic mass is 9.98. The fourth-order valence-corrected chi connectivity index (χ4v) is 5.46. The quantitative estimate of drug-likeness (QED) is 0.0968. The Bertz CT molecular complexity index is 635. The minimum Gasteiger partial charge on any atom is -0.411 e. The van der Waals surface area contributed by atoms with Crippen molar-refractivity contribution in [2.45, 2.75) is 192 Å². The Balaban J connectivity index is 0.000000493. The van der Waals surface area contributed by atoms with Gasteiger partial charge in [0.05, 0.1) is 25.2 Å². The molecule has 5 aliphatic rings. The van der Waals surface area contributed by atoms with Gasteiger partial charge < -0.3 is 20.4 Å². The normalized spacial score (nSPS) is 20.4. The van der Waals surface area contributed by atoms with Crippen LogP contribution in [-0.4, -0.2) is 46.7 Å². The third-order valence-electron chi connectivity index (χ3n) is 8.28. The summed E-state index contributed by atoms with van der Waals surface area (Å²) in [4.78, 5) is 30.7. The van der Waals surface area contributed by atoms with E-state index in [1.165, 1.54) is 89.9 Å². The molecule has 7 nitrogen and oxygen atoms in total. The third kappa shape index (κ3) is 31.3. The molecule has 0 aromatic heterocycles. The molecule has 0 bridgehead atoms. The first kappa shape index (κ1) is 41.1. The fourth-order valence-electron chi connectivity index (χ4n) is 5.46. The highest BCUT2D eigenvalue weighted by molar-refractivity contribution is 5.84. The Kier molecular flexibility index (Phi) is 31.6. The number of hydrogen-bond donors (Lipinski definition) is 3. The molecule has 1 saturated heterocycles. The minimum absolute atomic E-state index is 0.0359. The molecule has 0 atom stereocenters. The van der Waals surface area contributed by atoms with Crippen molar-refractivity contribution >= 4 is 23.7 Å². The zero-order chi connectivity index (χ0) is 31.6. The maximum absolute atomic E-state index is 10.6. The number of oxime groups is 1. The zero-order valence-corrected chi connectivity index (χ0v) is 27.6. The summed E-state index contributed by atoms with van der Waals surface area (Å²) in [6.45, 7) is 4.53. The van der Waals surface area contributed by atoms with Gasteiger partial charge >= 0.3 is 0 Å². The Morgan fingerprint density at radius 2 is 1.14 bits per heavy atom. The number of carbonyl (C=O) groups is 3. The smallest absolute Gasteiger partial charge is 0.219 e. The predicted octanol–water partition coefficient (Wildman–Crippen LogP) is 9.21. The number of aliphatic hydroxyl groups excluding tert-OH is 1. The van der Waals surface area contributed by atoms with Crippen LogP contribution in [0.25, 0.3) is 0 Å². The predicted molar refractivity (Wildman–Crippen MR) is 179 cm³/mol. The van der Waals surface area contributed by atoms with E-state index in [0.717, 1.165) is 108 Å². The van der Waals surface area contributed by atoms with Crippen LogP contribution in [0.5, 0.6) is 0 Å². The second-order valence-corrected chi connectivity index (χ2v) is 12.4. The highest BCUT2D eigenvalue weighted by Crippen LogP contribution is 2.17. The molecule has 1 aliphatic heterocycles. The molecular weight excluding hydrogens is 540 g/mol. The first-order valence-corrected chi connectivity index (χ1v) is 17.9. The van der Waals surface area contributed by atoms with Crippen LogP contribution in [0, 0.1) is 6.92 Å². The molecular formula is C36H67N2O5+. The number of aldehydes is 1. The number of rotatable bonds is 4. The molecule has 3 N–H and O–H groups in total. The minimum atomic E-state index is 0.0359. The van der Waals surface area contributed by atoms with E-state index in [1.54, 1.807) is 0 Å². The van der Waals surface area contributed by atoms with Crippen molar-refractivity contribution in [3.05, 3.63) is 6.92 Å². The summed E-state index contributed by atoms with van der Waals surface area (Å²) in [6, 6.07) is 0. The van der Waals surface area contributed by atoms with E-state index in [0.29, 0.717) is 12.2 Å². The summed E-state index contributed by atoms with van der Waals surface area (Å²) in [5.41, 5.74) is 0.983. The van der Waals surface area contributed by atoms with E-state index in [9.17, 15) is 14.4 Å². The van der Waals surface area contributed by atoms with Gasteiger partial charge in [0, 0.05) is 32.2 Å². The number of carbonyl (C=O) groups excluding carboxylic acids is 3. The van der Waals surface area contributed by atoms with Crippen molar-refractivity contribution in [3.63, 3.8) is 0 Å². The van der Waals surface area contributed by atoms with Gasteiger partial charge in [-0.1, -0.05) is 82.2 Å². The number of unbranched alkanes of at least 4 members (excludes halogenated alkanes) is 3. The fraction of sp³-hybridized carbons (Fsp3) is 0.861. The number of amides is 1. The molecule has 0 unspecified atom stereocenters. The maximum Gasteiger partial charge on any atom is 0.219 e. The Labute approximate surface area is 264 Å². The van der Waals surface area contributed by atoms with E-state index >= 15 is 0 Å². The first-order chi connectivity index (χ1) is 21.0. The molecule has 0 aromatic rings. The molecule has 43 heavy (non-hydrogen) atoms. The third-order valence-corrected chi connectivity index (χ3v) is 8.28. The molecule has 0 aromatic carbocycles. The van der Waals surface area contributed by atoms with Crippen LogP contribution in [0.3, 0.4) is 0 Å². The highest BCUT2D eigenvalue weighted by Gasteiger charge is 2.08. The molecule has 7 heteroatoms. The Morgan fingerprint density at radius 3 is 1.53 bits per heavy atom. The summed E-state index contributed by atoms with van der Waals surface area (Å²) in [5, 5.41) is 23.2. The number of nitrogens with one attached hydrogen (secondary N) is 1. The number of nitrogens with zero attached hydrogens (tertiary/aromatic N) is 1. The van der Waals surface area contributed by atoms with Crippen LogP contribution >= 0.6 is 0 Å². The van der Waals surface area contributed by atoms with Gasteiger partial charge in [0.25, 0.3) is 0 Å². The standard InChI is InChI=1S/2C6H11NO.C6H12O.C6H10O.C6H11O.C6H12/c8-6-4-2-1-3-5-7-6;8-7-6-4-2-1-3-5-6;2*7-6-4-2-1-3-5-6;1-2-3-4-5-6-7;1-2-4-6-5-3-1/h1-5H2,(H,7,8);8H,1-5H2;6-7H,1-5H2;1-5H2;6H,1-5H2;1-6H2/q;;;;+1;. The first-order valence-electron chi connectivity index (χ1n) is 17.9. The molecule has 4 saturated carbocycles. The van der Waals surface area contributed by atoms with Gasteiger partial charge in [0.15, 0.2) is 0 Å². The Hall–Kier alpha value is -1.89. The van der Waals surface area contributed by atoms with Crippen LogP contribution < -0.4 is 5.32 Å². The molecule has 5 rings (SSSR count). The summed E-state index contributed by atoms with van der Waals surface area (Å²) < 4.78 is 0. The van der Waals surface area contributed by atoms with Gasteiger partial charge in [-0.3, -0.25) is 9.59 Å². The second-order valence-electron chi connectivity index (χ2n) is 12.4. The van der Waals surface area contributed by atoms with E-state index in [1.807, 2.05) is 0 Å². The highest BCUT2D eigenvalue weighted by atomic mass is 16.4. The van der Waals surface area contributed by atoms with Crippen molar-refractivity contribution in [2.75, 3.05) is 6.54 Å². The van der Waals surface area contributed by atoms with Crippen LogP contribution in [0.15, 0.2) is 5.16 Å². The average molecular weight is 608 g/mol. The van der Waals surface area contributed by atoms with E-state index < -0.39 is 0 Å². The molecule has 1 amide bonds. The topological polar surface area (TPSA) is 116 Å². The number of ketones is 1. The molecule has 0 radical (unpaired) electrons. The monoisotopic (exact) mass is 608 g/mol. The molecule has 5 fully saturated rings. The number of aliphatic hydroxyl groups is 1. The Morgan fingerprint density at radius 1 is 0.674 bits per heavy atom. The molecule has 1 heterocycles. The SMILES string of the molecule is C1CCCCC1.O=C1CCCCC1.O=C1CCCCCN1.OC1CCCCC1.ON=C1CCCCC1.[CH2+]CCCCC=O. The number of hydrogen-bond acceptors (Lipinski definition) is 6. The van der Waals surface area contributed by atoms with Crippen LogP contribution in [0.2, 0.25) is 0 Å². The average Bonchev–Trinajstić information content (AvgIpc) is 3.32. The zero-order valence-electron chi connectivity index (χ0n) is 27.6. The summed E-state index contributed by atoms with van der Waals surface area (Å²) >= 11 is 0. The van der Waals surface area contributed by atoms with Gasteiger partial charge in [-0.05, 0) is 77.0 Å². The summed E-state index contributed by atoms with van der Waals surface area (Å²) in [5.74, 6) is 0.689. The second kappa shape index (κ2) is 33.0. The van der Waals surface area contributed by atoms with E-state index in [-0.39, 0.29) is 12.0 Å². The van der Waals surface area contributed by atoms with Gasteiger partial charge in [0.1, 0.15) is 12.1 Å². The lowest BCUT2D eigenvalue weighted by Gasteiger charge is -2.14. The van der Waals surface area contributed by atoms with Crippen LogP contribution in [0.1, 0.15) is 186 Å². The summed E-state index contributed by atoms with van der Waals surface area (Å²) in [6.07, 6.45) is 34.8. The van der Waals surface area contributed by atoms with Gasteiger partial charge in [0.2, 0.25) is 5.91 Å². The van der Waals surface area contributed by atoms with Gasteiger partial charge in [-0.15, -0.1) is 0 Å². The van der Waals surface area contributed by atoms with Crippen LogP contribution in [-0.2, 0) is 14.4 Å². The van der Waals surface area contributed by atoms with Crippen molar-refractivity contribution in [3.8, 4) is 0 Å². The lowest BCUT2D eigenvalue weighted by molar-refractivity contribution is -0.121. The molecule has 0 spiro atoms. The summed E-state index contributed by atoms with van der Waals surface area (Å²) in [7, 11) is 0. The lowest BCUT2D eigenvalue weighted by Crippen LogP contribution is -2.21. The number of Topliss-reactive ketones (excluding diaryl/α,β-unsaturated/α-hetero) is 1. The van der Waals surface area contributed by atoms with Crippen LogP contribution in [0.4, 0.5) is 0 Å². The molecule has 4 aliphatic carbocycles. The van der Waals surface area contributed by atoms with Crippen molar-refractivity contribution in [1.29, 1.82) is 0 Å². The van der Waals surface area contributed by atoms with Gasteiger partial charge in [-0.2, -0.15) is 0 Å². The maximum atomic E-state index is 10.6. The van der Waals surface area contributed by atoms with E-state index in [2.05, 4.69) is 17.4 Å². The van der Waals surface area contributed by atoms with E-state index in [4.69, 9.17) is 10.3 Å². The van der Waals surface area contributed by atoms with Crippen molar-refractivity contribution in [1.82, 2.24) is 5.32 Å². The largest absolute Gasteiger partial charge is 0.411 e. The van der Waals surface area contributed by atoms with Crippen molar-refractivity contribution < 1.29 is 24.7 Å². The van der Waals surface area contributed by atoms with Crippen molar-refractivity contribution in [2.24, 2.45) is 5.16 Å². The molecule has 250 valence electrons. The van der Waals surface area contributed by atoms with Gasteiger partial charge in [-0.25, -0.2) is 0 Å².